The summed E-state index contributed by atoms with van der Waals surface area (Å²) in [7, 11) is 0. The molecule has 1 heteroatoms. The van der Waals surface area contributed by atoms with Crippen molar-refractivity contribution in [2.75, 3.05) is 0 Å². The topological polar surface area (TPSA) is 0 Å². The quantitative estimate of drug-likeness (QED) is 0.468. The first-order valence-corrected chi connectivity index (χ1v) is 9.22. The summed E-state index contributed by atoms with van der Waals surface area (Å²) in [6.45, 7) is 13.1. The molecule has 128 valence electrons. The van der Waals surface area contributed by atoms with Gasteiger partial charge in [-0.1, -0.05) is 53.6 Å². The summed E-state index contributed by atoms with van der Waals surface area (Å²) in [5.41, 5.74) is 12.9. The number of hydrogen-bond acceptors (Lipinski definition) is 1. The molecule has 0 heterocycles. The highest BCUT2D eigenvalue weighted by Gasteiger charge is 2.15. The molecule has 3 aromatic carbocycles. The highest BCUT2D eigenvalue weighted by molar-refractivity contribution is 7.80. The van der Waals surface area contributed by atoms with Crippen LogP contribution in [0, 0.1) is 41.5 Å². The predicted molar refractivity (Wildman–Crippen MR) is 113 cm³/mol. The lowest BCUT2D eigenvalue weighted by Crippen LogP contribution is -1.95. The Labute approximate surface area is 157 Å². The molecule has 0 aromatic heterocycles. The van der Waals surface area contributed by atoms with Crippen LogP contribution in [-0.2, 0) is 0 Å². The number of hydrogen-bond donors (Lipinski definition) is 1. The minimum absolute atomic E-state index is 1.06. The number of aryl methyl sites for hydroxylation is 6. The summed E-state index contributed by atoms with van der Waals surface area (Å²) in [6.07, 6.45) is 0. The van der Waals surface area contributed by atoms with Gasteiger partial charge in [0.2, 0.25) is 0 Å². The van der Waals surface area contributed by atoms with Gasteiger partial charge in [0, 0.05) is 4.90 Å². The van der Waals surface area contributed by atoms with E-state index in [2.05, 4.69) is 84.0 Å². The van der Waals surface area contributed by atoms with Gasteiger partial charge in [-0.2, -0.15) is 0 Å². The number of rotatable bonds is 2. The minimum atomic E-state index is 1.06. The third kappa shape index (κ3) is 3.26. The normalized spacial score (nSPS) is 11.0. The summed E-state index contributed by atoms with van der Waals surface area (Å²) in [6, 6.07) is 15.6. The molecule has 3 rings (SSSR count). The summed E-state index contributed by atoms with van der Waals surface area (Å²) in [4.78, 5) is 1.06. The van der Waals surface area contributed by atoms with Crippen LogP contribution in [0.2, 0.25) is 0 Å². The van der Waals surface area contributed by atoms with Gasteiger partial charge in [-0.15, -0.1) is 12.6 Å². The maximum Gasteiger partial charge on any atom is 0.0198 e. The van der Waals surface area contributed by atoms with Crippen molar-refractivity contribution >= 4 is 12.6 Å². The third-order valence-electron chi connectivity index (χ3n) is 4.93. The van der Waals surface area contributed by atoms with Crippen molar-refractivity contribution in [3.05, 3.63) is 75.8 Å². The van der Waals surface area contributed by atoms with Crippen molar-refractivity contribution in [1.82, 2.24) is 0 Å². The van der Waals surface area contributed by atoms with Crippen molar-refractivity contribution in [3.63, 3.8) is 0 Å². The molecule has 0 saturated heterocycles. The molecule has 0 aliphatic heterocycles. The van der Waals surface area contributed by atoms with E-state index in [0.29, 0.717) is 0 Å². The summed E-state index contributed by atoms with van der Waals surface area (Å²) < 4.78 is 0. The molecule has 0 radical (unpaired) electrons. The lowest BCUT2D eigenvalue weighted by atomic mass is 9.89. The maximum absolute atomic E-state index is 4.98. The summed E-state index contributed by atoms with van der Waals surface area (Å²) >= 11 is 4.98. The molecular formula is C24H26S. The van der Waals surface area contributed by atoms with Crippen LogP contribution in [0.25, 0.3) is 22.3 Å². The Morgan fingerprint density at radius 1 is 0.560 bits per heavy atom. The minimum Gasteiger partial charge on any atom is -0.142 e. The highest BCUT2D eigenvalue weighted by Crippen LogP contribution is 2.40. The summed E-state index contributed by atoms with van der Waals surface area (Å²) in [5, 5.41) is 0. The summed E-state index contributed by atoms with van der Waals surface area (Å²) in [5.74, 6) is 0. The lowest BCUT2D eigenvalue weighted by Gasteiger charge is -2.18. The van der Waals surface area contributed by atoms with E-state index in [1.54, 1.807) is 0 Å². The lowest BCUT2D eigenvalue weighted by molar-refractivity contribution is 1.28. The highest BCUT2D eigenvalue weighted by atomic mass is 32.1. The second kappa shape index (κ2) is 6.72. The van der Waals surface area contributed by atoms with E-state index in [1.807, 2.05) is 0 Å². The van der Waals surface area contributed by atoms with Gasteiger partial charge in [0.15, 0.2) is 0 Å². The Hall–Kier alpha value is -1.99. The fraction of sp³-hybridized carbons (Fsp3) is 0.250. The Kier molecular flexibility index (Phi) is 4.79. The van der Waals surface area contributed by atoms with E-state index in [0.717, 1.165) is 4.90 Å². The van der Waals surface area contributed by atoms with E-state index in [-0.39, 0.29) is 0 Å². The van der Waals surface area contributed by atoms with Crippen LogP contribution >= 0.6 is 12.6 Å². The molecule has 0 fully saturated rings. The number of benzene rings is 3. The zero-order valence-electron chi connectivity index (χ0n) is 16.0. The molecule has 0 saturated carbocycles. The van der Waals surface area contributed by atoms with Gasteiger partial charge in [-0.3, -0.25) is 0 Å². The Morgan fingerprint density at radius 2 is 0.880 bits per heavy atom. The van der Waals surface area contributed by atoms with Gasteiger partial charge < -0.3 is 0 Å². The largest absolute Gasteiger partial charge is 0.142 e. The Bertz CT molecular complexity index is 842. The van der Waals surface area contributed by atoms with Crippen LogP contribution in [0.4, 0.5) is 0 Å². The SMILES string of the molecule is Cc1cc(C)c(-c2cccc(-c3c(C)cc(C)cc3C)c2S)c(C)c1. The molecule has 0 nitrogen and oxygen atoms in total. The molecule has 0 N–H and O–H groups in total. The van der Waals surface area contributed by atoms with Crippen LogP contribution in [0.15, 0.2) is 47.4 Å². The molecule has 25 heavy (non-hydrogen) atoms. The molecule has 0 aliphatic rings. The van der Waals surface area contributed by atoms with E-state index in [4.69, 9.17) is 12.6 Å². The maximum atomic E-state index is 4.98. The molecule has 3 aromatic rings. The van der Waals surface area contributed by atoms with Crippen molar-refractivity contribution in [3.8, 4) is 22.3 Å². The van der Waals surface area contributed by atoms with Crippen LogP contribution in [-0.4, -0.2) is 0 Å². The Balaban J connectivity index is 2.28. The van der Waals surface area contributed by atoms with E-state index in [1.165, 1.54) is 55.6 Å². The van der Waals surface area contributed by atoms with Crippen LogP contribution in [0.1, 0.15) is 33.4 Å². The van der Waals surface area contributed by atoms with Crippen LogP contribution in [0.3, 0.4) is 0 Å². The first-order valence-electron chi connectivity index (χ1n) is 8.78. The number of thiol groups is 1. The molecular weight excluding hydrogens is 320 g/mol. The van der Waals surface area contributed by atoms with Crippen LogP contribution in [0.5, 0.6) is 0 Å². The van der Waals surface area contributed by atoms with Crippen molar-refractivity contribution in [2.24, 2.45) is 0 Å². The van der Waals surface area contributed by atoms with Gasteiger partial charge in [-0.25, -0.2) is 0 Å². The molecule has 0 amide bonds. The zero-order valence-corrected chi connectivity index (χ0v) is 16.9. The van der Waals surface area contributed by atoms with Crippen molar-refractivity contribution in [2.45, 2.75) is 46.4 Å². The molecule has 0 unspecified atom stereocenters. The second-order valence-corrected chi connectivity index (χ2v) is 7.70. The first kappa shape index (κ1) is 17.8. The van der Waals surface area contributed by atoms with Gasteiger partial charge in [-0.05, 0) is 86.1 Å². The second-order valence-electron chi connectivity index (χ2n) is 7.25. The fourth-order valence-electron chi connectivity index (χ4n) is 4.16. The van der Waals surface area contributed by atoms with Gasteiger partial charge in [0.25, 0.3) is 0 Å². The third-order valence-corrected chi connectivity index (χ3v) is 5.41. The van der Waals surface area contributed by atoms with Crippen molar-refractivity contribution in [1.29, 1.82) is 0 Å². The van der Waals surface area contributed by atoms with E-state index >= 15 is 0 Å². The smallest absolute Gasteiger partial charge is 0.0198 e. The fourth-order valence-corrected chi connectivity index (χ4v) is 4.53. The molecule has 0 atom stereocenters. The van der Waals surface area contributed by atoms with Gasteiger partial charge in [0.05, 0.1) is 0 Å². The monoisotopic (exact) mass is 346 g/mol. The van der Waals surface area contributed by atoms with Gasteiger partial charge in [0.1, 0.15) is 0 Å². The molecule has 0 bridgehead atoms. The van der Waals surface area contributed by atoms with Crippen LogP contribution < -0.4 is 0 Å². The average molecular weight is 347 g/mol. The van der Waals surface area contributed by atoms with Crippen molar-refractivity contribution < 1.29 is 0 Å². The predicted octanol–water partition coefficient (Wildman–Crippen LogP) is 7.16. The molecule has 0 spiro atoms. The van der Waals surface area contributed by atoms with E-state index in [9.17, 15) is 0 Å². The first-order chi connectivity index (χ1) is 11.8. The Morgan fingerprint density at radius 3 is 1.20 bits per heavy atom. The average Bonchev–Trinajstić information content (AvgIpc) is 2.48. The zero-order chi connectivity index (χ0) is 18.3. The van der Waals surface area contributed by atoms with E-state index < -0.39 is 0 Å². The van der Waals surface area contributed by atoms with Gasteiger partial charge >= 0.3 is 0 Å². The molecule has 0 aliphatic carbocycles. The standard InChI is InChI=1S/C24H26S/c1-14-10-16(3)22(17(4)11-14)20-8-7-9-21(24(20)25)23-18(5)12-15(2)13-19(23)6/h7-13,25H,1-6H3.